The average molecular weight is 261 g/mol. The Balaban J connectivity index is 2.43. The Kier molecular flexibility index (Phi) is 3.50. The number of aryl methyl sites for hydroxylation is 2. The number of nitrogens with zero attached hydrogens (tertiary/aromatic N) is 3. The Labute approximate surface area is 109 Å². The molecule has 0 radical (unpaired) electrons. The van der Waals surface area contributed by atoms with Crippen molar-refractivity contribution >= 4 is 5.97 Å². The van der Waals surface area contributed by atoms with Gasteiger partial charge in [0.2, 0.25) is 0 Å². The minimum absolute atomic E-state index is 0.215. The molecule has 0 amide bonds. The minimum Gasteiger partial charge on any atom is -0.477 e. The van der Waals surface area contributed by atoms with Crippen LogP contribution in [0.5, 0.6) is 0 Å². The summed E-state index contributed by atoms with van der Waals surface area (Å²) >= 11 is 0. The molecule has 2 rings (SSSR count). The number of carboxylic acids is 1. The molecule has 6 nitrogen and oxygen atoms in total. The van der Waals surface area contributed by atoms with E-state index < -0.39 is 11.4 Å². The first-order chi connectivity index (χ1) is 9.02. The lowest BCUT2D eigenvalue weighted by molar-refractivity contribution is 0.0694. The summed E-state index contributed by atoms with van der Waals surface area (Å²) in [5, 5.41) is 8.98. The summed E-state index contributed by atoms with van der Waals surface area (Å²) in [7, 11) is 0. The third-order valence-corrected chi connectivity index (χ3v) is 3.05. The van der Waals surface area contributed by atoms with E-state index in [-0.39, 0.29) is 5.56 Å². The maximum atomic E-state index is 11.5. The van der Waals surface area contributed by atoms with Crippen molar-refractivity contribution in [3.8, 4) is 0 Å². The van der Waals surface area contributed by atoms with Gasteiger partial charge in [-0.3, -0.25) is 4.79 Å². The van der Waals surface area contributed by atoms with Crippen molar-refractivity contribution in [3.05, 3.63) is 52.0 Å². The Morgan fingerprint density at radius 1 is 1.42 bits per heavy atom. The quantitative estimate of drug-likeness (QED) is 0.894. The summed E-state index contributed by atoms with van der Waals surface area (Å²) in [6.45, 7) is 5.06. The number of hydrogen-bond donors (Lipinski definition) is 1. The number of imidazole rings is 1. The fourth-order valence-electron chi connectivity index (χ4n) is 1.94. The second kappa shape index (κ2) is 5.09. The lowest BCUT2D eigenvalue weighted by Crippen LogP contribution is -2.20. The van der Waals surface area contributed by atoms with Gasteiger partial charge in [0.25, 0.3) is 0 Å². The molecule has 0 atom stereocenters. The highest BCUT2D eigenvalue weighted by molar-refractivity contribution is 5.87. The number of hydrogen-bond acceptors (Lipinski definition) is 3. The van der Waals surface area contributed by atoms with Crippen molar-refractivity contribution in [1.82, 2.24) is 14.1 Å². The standard InChI is InChI=1S/C13H15N3O3/c1-3-15-8-14-5-10(15)6-16-7-11(13(18)19)12(17)4-9(16)2/h4-5,7-8H,3,6H2,1-2H3,(H,18,19). The van der Waals surface area contributed by atoms with Crippen LogP contribution in [0.1, 0.15) is 28.7 Å². The Hall–Kier alpha value is -2.37. The predicted molar refractivity (Wildman–Crippen MR) is 69.4 cm³/mol. The molecule has 0 spiro atoms. The van der Waals surface area contributed by atoms with Crippen molar-refractivity contribution < 1.29 is 9.90 Å². The Morgan fingerprint density at radius 3 is 2.79 bits per heavy atom. The van der Waals surface area contributed by atoms with Gasteiger partial charge in [-0.05, 0) is 13.8 Å². The molecule has 0 unspecified atom stereocenters. The van der Waals surface area contributed by atoms with E-state index in [0.717, 1.165) is 17.9 Å². The summed E-state index contributed by atoms with van der Waals surface area (Å²) in [4.78, 5) is 26.6. The highest BCUT2D eigenvalue weighted by Crippen LogP contribution is 2.06. The Morgan fingerprint density at radius 2 is 2.16 bits per heavy atom. The average Bonchev–Trinajstić information content (AvgIpc) is 2.79. The highest BCUT2D eigenvalue weighted by Gasteiger charge is 2.11. The zero-order valence-corrected chi connectivity index (χ0v) is 10.8. The van der Waals surface area contributed by atoms with Crippen molar-refractivity contribution in [1.29, 1.82) is 0 Å². The van der Waals surface area contributed by atoms with Gasteiger partial charge in [-0.15, -0.1) is 0 Å². The van der Waals surface area contributed by atoms with Gasteiger partial charge in [-0.2, -0.15) is 0 Å². The summed E-state index contributed by atoms with van der Waals surface area (Å²) in [5.41, 5.74) is 1.00. The lowest BCUT2D eigenvalue weighted by Gasteiger charge is -2.12. The van der Waals surface area contributed by atoms with E-state index in [2.05, 4.69) is 4.98 Å². The van der Waals surface area contributed by atoms with Crippen molar-refractivity contribution in [2.24, 2.45) is 0 Å². The molecule has 0 aliphatic heterocycles. The maximum absolute atomic E-state index is 11.5. The van der Waals surface area contributed by atoms with Crippen molar-refractivity contribution in [2.45, 2.75) is 26.9 Å². The number of carboxylic acid groups (broad SMARTS) is 1. The maximum Gasteiger partial charge on any atom is 0.341 e. The molecular weight excluding hydrogens is 246 g/mol. The smallest absolute Gasteiger partial charge is 0.341 e. The van der Waals surface area contributed by atoms with E-state index in [1.54, 1.807) is 24.0 Å². The molecule has 6 heteroatoms. The molecule has 2 heterocycles. The second-order valence-corrected chi connectivity index (χ2v) is 4.30. The minimum atomic E-state index is -1.21. The van der Waals surface area contributed by atoms with E-state index in [9.17, 15) is 9.59 Å². The topological polar surface area (TPSA) is 77.1 Å². The van der Waals surface area contributed by atoms with Gasteiger partial charge < -0.3 is 14.2 Å². The van der Waals surface area contributed by atoms with Crippen molar-refractivity contribution in [2.75, 3.05) is 0 Å². The van der Waals surface area contributed by atoms with Gasteiger partial charge in [0.1, 0.15) is 5.56 Å². The van der Waals surface area contributed by atoms with Crippen LogP contribution in [0.4, 0.5) is 0 Å². The molecule has 0 saturated carbocycles. The van der Waals surface area contributed by atoms with E-state index in [4.69, 9.17) is 5.11 Å². The zero-order chi connectivity index (χ0) is 14.0. The zero-order valence-electron chi connectivity index (χ0n) is 10.8. The predicted octanol–water partition coefficient (Wildman–Crippen LogP) is 1.12. The van der Waals surface area contributed by atoms with Crippen LogP contribution in [-0.4, -0.2) is 25.2 Å². The molecule has 19 heavy (non-hydrogen) atoms. The molecule has 0 aromatic carbocycles. The first kappa shape index (κ1) is 13.1. The fraction of sp³-hybridized carbons (Fsp3) is 0.308. The van der Waals surface area contributed by atoms with Gasteiger partial charge in [0.05, 0.1) is 18.6 Å². The molecule has 0 saturated heterocycles. The van der Waals surface area contributed by atoms with E-state index in [1.165, 1.54) is 12.3 Å². The normalized spacial score (nSPS) is 10.6. The van der Waals surface area contributed by atoms with Gasteiger partial charge in [-0.1, -0.05) is 0 Å². The van der Waals surface area contributed by atoms with Crippen LogP contribution in [-0.2, 0) is 13.1 Å². The van der Waals surface area contributed by atoms with Gasteiger partial charge >= 0.3 is 5.97 Å². The number of aromatic nitrogens is 3. The van der Waals surface area contributed by atoms with Crippen LogP contribution >= 0.6 is 0 Å². The molecule has 2 aromatic rings. The summed E-state index contributed by atoms with van der Waals surface area (Å²) < 4.78 is 3.71. The summed E-state index contributed by atoms with van der Waals surface area (Å²) in [6.07, 6.45) is 4.85. The number of pyridine rings is 1. The number of carbonyl (C=O) groups is 1. The third-order valence-electron chi connectivity index (χ3n) is 3.05. The largest absolute Gasteiger partial charge is 0.477 e. The summed E-state index contributed by atoms with van der Waals surface area (Å²) in [5.74, 6) is -1.21. The Bertz CT molecular complexity index is 670. The van der Waals surface area contributed by atoms with Gasteiger partial charge in [-0.25, -0.2) is 9.78 Å². The van der Waals surface area contributed by atoms with Crippen LogP contribution in [0.2, 0.25) is 0 Å². The van der Waals surface area contributed by atoms with Crippen LogP contribution in [0.25, 0.3) is 0 Å². The van der Waals surface area contributed by atoms with Crippen LogP contribution in [0.15, 0.2) is 29.6 Å². The van der Waals surface area contributed by atoms with E-state index in [0.29, 0.717) is 6.54 Å². The molecule has 0 bridgehead atoms. The molecule has 0 aliphatic carbocycles. The molecule has 2 aromatic heterocycles. The monoisotopic (exact) mass is 261 g/mol. The fourth-order valence-corrected chi connectivity index (χ4v) is 1.94. The first-order valence-corrected chi connectivity index (χ1v) is 5.96. The molecule has 1 N–H and O–H groups in total. The van der Waals surface area contributed by atoms with Crippen LogP contribution in [0, 0.1) is 6.92 Å². The van der Waals surface area contributed by atoms with Gasteiger partial charge in [0, 0.05) is 30.7 Å². The molecular formula is C13H15N3O3. The van der Waals surface area contributed by atoms with E-state index in [1.807, 2.05) is 11.5 Å². The van der Waals surface area contributed by atoms with Crippen LogP contribution in [0.3, 0.4) is 0 Å². The SMILES string of the molecule is CCn1cncc1Cn1cc(C(=O)O)c(=O)cc1C. The van der Waals surface area contributed by atoms with E-state index >= 15 is 0 Å². The number of aromatic carboxylic acids is 1. The van der Waals surface area contributed by atoms with Crippen LogP contribution < -0.4 is 5.43 Å². The second-order valence-electron chi connectivity index (χ2n) is 4.30. The number of rotatable bonds is 4. The first-order valence-electron chi connectivity index (χ1n) is 5.96. The molecule has 0 aliphatic rings. The molecule has 0 fully saturated rings. The van der Waals surface area contributed by atoms with Crippen molar-refractivity contribution in [3.63, 3.8) is 0 Å². The van der Waals surface area contributed by atoms with Gasteiger partial charge in [0.15, 0.2) is 5.43 Å². The summed E-state index contributed by atoms with van der Waals surface area (Å²) in [6, 6.07) is 1.34. The highest BCUT2D eigenvalue weighted by atomic mass is 16.4. The third kappa shape index (κ3) is 2.57. The lowest BCUT2D eigenvalue weighted by atomic mass is 10.2. The molecule has 100 valence electrons.